The van der Waals surface area contributed by atoms with E-state index in [0.29, 0.717) is 11.8 Å². The van der Waals surface area contributed by atoms with E-state index in [1.165, 1.54) is 5.56 Å². The third-order valence-corrected chi connectivity index (χ3v) is 5.00. The average molecular weight is 323 g/mol. The van der Waals surface area contributed by atoms with Gasteiger partial charge in [-0.15, -0.1) is 12.4 Å². The maximum absolute atomic E-state index is 12.6. The predicted molar refractivity (Wildman–Crippen MR) is 92.5 cm³/mol. The number of benzene rings is 1. The minimum Gasteiger partial charge on any atom is -0.341 e. The Bertz CT molecular complexity index is 449. The second-order valence-electron chi connectivity index (χ2n) is 6.39. The fourth-order valence-electron chi connectivity index (χ4n) is 3.72. The van der Waals surface area contributed by atoms with Crippen molar-refractivity contribution < 1.29 is 4.79 Å². The molecular formula is C18H27ClN2O. The molecule has 0 spiro atoms. The van der Waals surface area contributed by atoms with Crippen LogP contribution in [0.1, 0.15) is 43.6 Å². The van der Waals surface area contributed by atoms with Gasteiger partial charge in [0.05, 0.1) is 0 Å². The minimum absolute atomic E-state index is 0. The van der Waals surface area contributed by atoms with Crippen molar-refractivity contribution in [1.82, 2.24) is 10.2 Å². The minimum atomic E-state index is 0. The monoisotopic (exact) mass is 322 g/mol. The largest absolute Gasteiger partial charge is 0.341 e. The fourth-order valence-corrected chi connectivity index (χ4v) is 3.72. The molecule has 3 rings (SSSR count). The summed E-state index contributed by atoms with van der Waals surface area (Å²) < 4.78 is 0. The van der Waals surface area contributed by atoms with Crippen molar-refractivity contribution in [3.63, 3.8) is 0 Å². The maximum atomic E-state index is 12.6. The number of halogens is 1. The Balaban J connectivity index is 0.00000176. The topological polar surface area (TPSA) is 32.3 Å². The molecule has 1 amide bonds. The zero-order valence-electron chi connectivity index (χ0n) is 13.2. The normalized spacial score (nSPS) is 25.9. The number of hydrogen-bond donors (Lipinski definition) is 1. The molecule has 1 saturated carbocycles. The van der Waals surface area contributed by atoms with Gasteiger partial charge in [-0.2, -0.15) is 0 Å². The van der Waals surface area contributed by atoms with Crippen molar-refractivity contribution in [2.75, 3.05) is 26.2 Å². The van der Waals surface area contributed by atoms with Gasteiger partial charge in [0.1, 0.15) is 0 Å². The van der Waals surface area contributed by atoms with Gasteiger partial charge < -0.3 is 10.2 Å². The lowest BCUT2D eigenvalue weighted by atomic mass is 9.78. The Morgan fingerprint density at radius 2 is 1.73 bits per heavy atom. The first-order chi connectivity index (χ1) is 10.3. The first-order valence-corrected chi connectivity index (χ1v) is 8.39. The lowest BCUT2D eigenvalue weighted by Crippen LogP contribution is -2.39. The van der Waals surface area contributed by atoms with Gasteiger partial charge in [0.2, 0.25) is 5.91 Å². The standard InChI is InChI=1S/C18H26N2O.ClH/c21-18(20-13-4-11-19-12-14-20)17-9-7-16(8-10-17)15-5-2-1-3-6-15;/h1-3,5-6,16-17,19H,4,7-14H2;1H. The molecule has 0 bridgehead atoms. The third-order valence-electron chi connectivity index (χ3n) is 5.00. The molecule has 4 heteroatoms. The molecule has 0 atom stereocenters. The van der Waals surface area contributed by atoms with E-state index in [2.05, 4.69) is 40.5 Å². The van der Waals surface area contributed by atoms with Gasteiger partial charge in [-0.25, -0.2) is 0 Å². The summed E-state index contributed by atoms with van der Waals surface area (Å²) in [5.41, 5.74) is 1.45. The number of hydrogen-bond acceptors (Lipinski definition) is 2. The van der Waals surface area contributed by atoms with E-state index >= 15 is 0 Å². The van der Waals surface area contributed by atoms with E-state index < -0.39 is 0 Å². The molecule has 2 fully saturated rings. The predicted octanol–water partition coefficient (Wildman–Crippen LogP) is 3.20. The van der Waals surface area contributed by atoms with E-state index in [0.717, 1.165) is 58.3 Å². The third kappa shape index (κ3) is 4.23. The molecule has 0 unspecified atom stereocenters. The first-order valence-electron chi connectivity index (χ1n) is 8.39. The molecule has 122 valence electrons. The van der Waals surface area contributed by atoms with Crippen LogP contribution >= 0.6 is 12.4 Å². The molecule has 1 aliphatic carbocycles. The van der Waals surface area contributed by atoms with Crippen LogP contribution in [-0.2, 0) is 4.79 Å². The van der Waals surface area contributed by atoms with Crippen LogP contribution in [0.15, 0.2) is 30.3 Å². The summed E-state index contributed by atoms with van der Waals surface area (Å²) in [7, 11) is 0. The van der Waals surface area contributed by atoms with Crippen molar-refractivity contribution in [3.05, 3.63) is 35.9 Å². The van der Waals surface area contributed by atoms with Gasteiger partial charge in [0, 0.05) is 25.6 Å². The molecule has 3 nitrogen and oxygen atoms in total. The molecule has 1 aromatic rings. The van der Waals surface area contributed by atoms with E-state index in [1.807, 2.05) is 0 Å². The lowest BCUT2D eigenvalue weighted by Gasteiger charge is -2.31. The fraction of sp³-hybridized carbons (Fsp3) is 0.611. The Labute approximate surface area is 139 Å². The van der Waals surface area contributed by atoms with Crippen LogP contribution in [0.3, 0.4) is 0 Å². The van der Waals surface area contributed by atoms with E-state index in [9.17, 15) is 4.79 Å². The molecule has 1 heterocycles. The maximum Gasteiger partial charge on any atom is 0.225 e. The number of amides is 1. The second kappa shape index (κ2) is 8.54. The number of carbonyl (C=O) groups is 1. The summed E-state index contributed by atoms with van der Waals surface area (Å²) in [6, 6.07) is 10.8. The van der Waals surface area contributed by atoms with Crippen LogP contribution in [0.5, 0.6) is 0 Å². The molecule has 2 aliphatic rings. The van der Waals surface area contributed by atoms with Crippen LogP contribution in [0.4, 0.5) is 0 Å². The Morgan fingerprint density at radius 3 is 2.45 bits per heavy atom. The van der Waals surface area contributed by atoms with E-state index in [4.69, 9.17) is 0 Å². The molecule has 0 aromatic heterocycles. The lowest BCUT2D eigenvalue weighted by molar-refractivity contribution is -0.136. The van der Waals surface area contributed by atoms with Crippen LogP contribution in [-0.4, -0.2) is 37.0 Å². The molecule has 1 aliphatic heterocycles. The number of carbonyl (C=O) groups excluding carboxylic acids is 1. The summed E-state index contributed by atoms with van der Waals surface area (Å²) >= 11 is 0. The molecular weight excluding hydrogens is 296 g/mol. The van der Waals surface area contributed by atoms with E-state index in [-0.39, 0.29) is 18.3 Å². The molecule has 1 aromatic carbocycles. The van der Waals surface area contributed by atoms with Gasteiger partial charge >= 0.3 is 0 Å². The summed E-state index contributed by atoms with van der Waals surface area (Å²) in [5.74, 6) is 1.33. The summed E-state index contributed by atoms with van der Waals surface area (Å²) in [5, 5.41) is 3.37. The highest BCUT2D eigenvalue weighted by molar-refractivity contribution is 5.85. The highest BCUT2D eigenvalue weighted by atomic mass is 35.5. The highest BCUT2D eigenvalue weighted by Gasteiger charge is 2.30. The molecule has 1 saturated heterocycles. The smallest absolute Gasteiger partial charge is 0.225 e. The summed E-state index contributed by atoms with van der Waals surface area (Å²) in [6.45, 7) is 3.82. The quantitative estimate of drug-likeness (QED) is 0.907. The zero-order valence-corrected chi connectivity index (χ0v) is 14.0. The van der Waals surface area contributed by atoms with Crippen LogP contribution < -0.4 is 5.32 Å². The number of nitrogens with one attached hydrogen (secondary N) is 1. The number of rotatable bonds is 2. The van der Waals surface area contributed by atoms with Crippen molar-refractivity contribution >= 4 is 18.3 Å². The Kier molecular flexibility index (Phi) is 6.71. The molecule has 0 radical (unpaired) electrons. The number of nitrogens with zero attached hydrogens (tertiary/aromatic N) is 1. The van der Waals surface area contributed by atoms with Gasteiger partial charge in [-0.05, 0) is 50.1 Å². The summed E-state index contributed by atoms with van der Waals surface area (Å²) in [6.07, 6.45) is 5.52. The zero-order chi connectivity index (χ0) is 14.5. The van der Waals surface area contributed by atoms with E-state index in [1.54, 1.807) is 0 Å². The van der Waals surface area contributed by atoms with Crippen LogP contribution in [0.2, 0.25) is 0 Å². The second-order valence-corrected chi connectivity index (χ2v) is 6.39. The summed E-state index contributed by atoms with van der Waals surface area (Å²) in [4.78, 5) is 14.7. The SMILES string of the molecule is Cl.O=C(C1CCC(c2ccccc2)CC1)N1CCCNCC1. The Morgan fingerprint density at radius 1 is 1.00 bits per heavy atom. The Hall–Kier alpha value is -1.06. The average Bonchev–Trinajstić information content (AvgIpc) is 2.84. The van der Waals surface area contributed by atoms with Gasteiger partial charge in [-0.1, -0.05) is 30.3 Å². The van der Waals surface area contributed by atoms with Crippen LogP contribution in [0, 0.1) is 5.92 Å². The van der Waals surface area contributed by atoms with Crippen molar-refractivity contribution in [2.24, 2.45) is 5.92 Å². The van der Waals surface area contributed by atoms with Gasteiger partial charge in [-0.3, -0.25) is 4.79 Å². The van der Waals surface area contributed by atoms with Crippen LogP contribution in [0.25, 0.3) is 0 Å². The molecule has 22 heavy (non-hydrogen) atoms. The first kappa shape index (κ1) is 17.3. The van der Waals surface area contributed by atoms with Gasteiger partial charge in [0.15, 0.2) is 0 Å². The van der Waals surface area contributed by atoms with Crippen molar-refractivity contribution in [3.8, 4) is 0 Å². The van der Waals surface area contributed by atoms with Crippen molar-refractivity contribution in [2.45, 2.75) is 38.0 Å². The van der Waals surface area contributed by atoms with Gasteiger partial charge in [0.25, 0.3) is 0 Å². The molecule has 1 N–H and O–H groups in total. The highest BCUT2D eigenvalue weighted by Crippen LogP contribution is 2.36. The van der Waals surface area contributed by atoms with Crippen molar-refractivity contribution in [1.29, 1.82) is 0 Å².